The third kappa shape index (κ3) is 12.0. The van der Waals surface area contributed by atoms with Crippen LogP contribution in [0.25, 0.3) is 0 Å². The Kier molecular flexibility index (Phi) is 16.5. The minimum absolute atomic E-state index is 0.159. The Balaban J connectivity index is 1.25. The molecule has 5 aromatic carbocycles. The summed E-state index contributed by atoms with van der Waals surface area (Å²) in [6.45, 7) is 8.82. The van der Waals surface area contributed by atoms with Gasteiger partial charge in [0.25, 0.3) is 0 Å². The molecular formula is C51H56O11. The van der Waals surface area contributed by atoms with Gasteiger partial charge in [-0.15, -0.1) is 6.58 Å². The molecule has 0 unspecified atom stereocenters. The third-order valence-corrected chi connectivity index (χ3v) is 10.8. The molecule has 11 nitrogen and oxygen atoms in total. The van der Waals surface area contributed by atoms with Crippen molar-refractivity contribution in [2.24, 2.45) is 0 Å². The van der Waals surface area contributed by atoms with Gasteiger partial charge in [0.2, 0.25) is 0 Å². The summed E-state index contributed by atoms with van der Waals surface area (Å²) in [5, 5.41) is 0. The number of ether oxygens (including phenoxy) is 10. The highest BCUT2D eigenvalue weighted by molar-refractivity contribution is 5.89. The number of hydrogen-bond acceptors (Lipinski definition) is 11. The van der Waals surface area contributed by atoms with Gasteiger partial charge in [-0.05, 0) is 60.4 Å². The predicted octanol–water partition coefficient (Wildman–Crippen LogP) is 8.64. The summed E-state index contributed by atoms with van der Waals surface area (Å²) in [5.74, 6) is 0.129. The Bertz CT molecular complexity index is 2070. The molecule has 0 N–H and O–H groups in total. The van der Waals surface area contributed by atoms with Gasteiger partial charge in [0.05, 0.1) is 57.9 Å². The summed E-state index contributed by atoms with van der Waals surface area (Å²) in [6.07, 6.45) is -6.72. The highest BCUT2D eigenvalue weighted by Gasteiger charge is 2.54. The first-order chi connectivity index (χ1) is 30.4. The maximum absolute atomic E-state index is 14.1. The fourth-order valence-electron chi connectivity index (χ4n) is 7.60. The summed E-state index contributed by atoms with van der Waals surface area (Å²) < 4.78 is 65.4. The summed E-state index contributed by atoms with van der Waals surface area (Å²) in [4.78, 5) is 14.1. The average Bonchev–Trinajstić information content (AvgIpc) is 3.31. The zero-order valence-corrected chi connectivity index (χ0v) is 35.4. The van der Waals surface area contributed by atoms with E-state index >= 15 is 0 Å². The molecule has 11 heteroatoms. The van der Waals surface area contributed by atoms with Crippen LogP contribution in [-0.2, 0) is 69.1 Å². The van der Waals surface area contributed by atoms with E-state index in [1.807, 2.05) is 135 Å². The molecule has 326 valence electrons. The lowest BCUT2D eigenvalue weighted by atomic mass is 9.96. The second-order valence-corrected chi connectivity index (χ2v) is 15.3. The summed E-state index contributed by atoms with van der Waals surface area (Å²) in [7, 11) is 1.62. The van der Waals surface area contributed by atoms with Crippen molar-refractivity contribution < 1.29 is 52.2 Å². The Labute approximate surface area is 364 Å². The predicted molar refractivity (Wildman–Crippen MR) is 232 cm³/mol. The molecule has 2 aliphatic rings. The van der Waals surface area contributed by atoms with Gasteiger partial charge in [-0.25, -0.2) is 4.79 Å². The Morgan fingerprint density at radius 3 is 1.40 bits per heavy atom. The normalized spacial score (nSPS) is 26.0. The van der Waals surface area contributed by atoms with E-state index in [1.54, 1.807) is 37.5 Å². The first kappa shape index (κ1) is 44.8. The lowest BCUT2D eigenvalue weighted by Gasteiger charge is -2.49. The molecule has 0 spiro atoms. The van der Waals surface area contributed by atoms with Crippen LogP contribution in [-0.4, -0.2) is 81.1 Å². The van der Waals surface area contributed by atoms with Gasteiger partial charge in [0.1, 0.15) is 36.3 Å². The topological polar surface area (TPSA) is 109 Å². The molecule has 0 amide bonds. The van der Waals surface area contributed by atoms with Gasteiger partial charge in [-0.2, -0.15) is 0 Å². The highest BCUT2D eigenvalue weighted by atomic mass is 16.8. The Morgan fingerprint density at radius 2 is 0.935 bits per heavy atom. The third-order valence-electron chi connectivity index (χ3n) is 10.8. The summed E-state index contributed by atoms with van der Waals surface area (Å²) in [5.41, 5.74) is 4.12. The average molecular weight is 845 g/mol. The molecule has 0 aliphatic carbocycles. The van der Waals surface area contributed by atoms with Gasteiger partial charge in [0, 0.05) is 0 Å². The van der Waals surface area contributed by atoms with E-state index in [0.717, 1.165) is 22.3 Å². The number of rotatable bonds is 20. The lowest BCUT2D eigenvalue weighted by molar-refractivity contribution is -0.371. The van der Waals surface area contributed by atoms with Crippen LogP contribution in [0.5, 0.6) is 5.75 Å². The number of hydrogen-bond donors (Lipinski definition) is 0. The second-order valence-electron chi connectivity index (χ2n) is 15.3. The minimum atomic E-state index is -1.22. The molecule has 5 aromatic rings. The molecule has 10 atom stereocenters. The summed E-state index contributed by atoms with van der Waals surface area (Å²) >= 11 is 0. The van der Waals surface area contributed by atoms with E-state index in [9.17, 15) is 4.79 Å². The molecule has 2 saturated heterocycles. The van der Waals surface area contributed by atoms with Gasteiger partial charge in [-0.1, -0.05) is 127 Å². The van der Waals surface area contributed by atoms with Gasteiger partial charge in [-0.3, -0.25) is 0 Å². The van der Waals surface area contributed by atoms with Crippen LogP contribution in [0, 0.1) is 0 Å². The fourth-order valence-corrected chi connectivity index (χ4v) is 7.60. The molecular weight excluding hydrogens is 789 g/mol. The van der Waals surface area contributed by atoms with E-state index in [0.29, 0.717) is 17.9 Å². The Morgan fingerprint density at radius 1 is 0.516 bits per heavy atom. The summed E-state index contributed by atoms with van der Waals surface area (Å²) in [6, 6.07) is 46.0. The van der Waals surface area contributed by atoms with Crippen molar-refractivity contribution in [3.05, 3.63) is 186 Å². The van der Waals surface area contributed by atoms with Crippen molar-refractivity contribution in [1.29, 1.82) is 0 Å². The molecule has 2 aliphatic heterocycles. The quantitative estimate of drug-likeness (QED) is 0.0555. The van der Waals surface area contributed by atoms with Gasteiger partial charge >= 0.3 is 5.97 Å². The SMILES string of the molecule is C=CCO[C@@H]1O[C@@H](C)[C@H](OCc2ccccc2)[C@@H](OCc2ccccc2)[C@H]1O[C@@H]1O[C@@H](C)[C@H](OCc2ccccc2)[C@@H](OCc2ccc(OC)cc2)[C@H]1OC(=O)c1ccccc1. The first-order valence-corrected chi connectivity index (χ1v) is 21.1. The first-order valence-electron chi connectivity index (χ1n) is 21.1. The van der Waals surface area contributed by atoms with Crippen LogP contribution in [0.2, 0.25) is 0 Å². The zero-order chi connectivity index (χ0) is 43.1. The fraction of sp³-hybridized carbons (Fsp3) is 0.353. The lowest BCUT2D eigenvalue weighted by Crippen LogP contribution is -2.65. The number of methoxy groups -OCH3 is 1. The number of carbonyl (C=O) groups is 1. The van der Waals surface area contributed by atoms with E-state index in [4.69, 9.17) is 47.4 Å². The van der Waals surface area contributed by atoms with Gasteiger partial charge < -0.3 is 47.4 Å². The monoisotopic (exact) mass is 844 g/mol. The molecule has 7 rings (SSSR count). The number of carbonyl (C=O) groups excluding carboxylic acids is 1. The van der Waals surface area contributed by atoms with Crippen molar-refractivity contribution in [2.75, 3.05) is 13.7 Å². The van der Waals surface area contributed by atoms with Crippen LogP contribution >= 0.6 is 0 Å². The minimum Gasteiger partial charge on any atom is -0.497 e. The zero-order valence-electron chi connectivity index (χ0n) is 35.4. The standard InChI is InChI=1S/C51H56O11/c1-5-30-54-50-47(45(57-33-39-22-14-8-15-23-39)43(35(2)59-50)55-31-37-18-10-6-11-19-37)62-51-48(61-49(52)41-24-16-9-17-25-41)46(58-34-40-26-28-42(53-4)29-27-40)44(36(3)60-51)56-32-38-20-12-7-13-21-38/h5-29,35-36,43-48,50-51H,1,30-34H2,2-4H3/t35-,36-,43-,44-,45+,46+,47+,48+,50+,51-/m0/s1. The van der Waals surface area contributed by atoms with Crippen molar-refractivity contribution in [3.63, 3.8) is 0 Å². The van der Waals surface area contributed by atoms with Crippen LogP contribution in [0.4, 0.5) is 0 Å². The van der Waals surface area contributed by atoms with Crippen LogP contribution in [0.1, 0.15) is 46.5 Å². The van der Waals surface area contributed by atoms with Crippen molar-refractivity contribution >= 4 is 5.97 Å². The van der Waals surface area contributed by atoms with Gasteiger partial charge in [0.15, 0.2) is 18.7 Å². The number of esters is 1. The van der Waals surface area contributed by atoms with E-state index in [2.05, 4.69) is 6.58 Å². The molecule has 2 fully saturated rings. The smallest absolute Gasteiger partial charge is 0.338 e. The molecule has 0 aromatic heterocycles. The number of benzene rings is 5. The largest absolute Gasteiger partial charge is 0.497 e. The van der Waals surface area contributed by atoms with E-state index in [1.165, 1.54) is 0 Å². The second kappa shape index (κ2) is 22.8. The molecule has 62 heavy (non-hydrogen) atoms. The maximum Gasteiger partial charge on any atom is 0.338 e. The molecule has 0 radical (unpaired) electrons. The maximum atomic E-state index is 14.1. The highest BCUT2D eigenvalue weighted by Crippen LogP contribution is 2.36. The van der Waals surface area contributed by atoms with E-state index < -0.39 is 67.4 Å². The van der Waals surface area contributed by atoms with Crippen molar-refractivity contribution in [3.8, 4) is 5.75 Å². The van der Waals surface area contributed by atoms with Crippen LogP contribution < -0.4 is 4.74 Å². The van der Waals surface area contributed by atoms with Crippen molar-refractivity contribution in [1.82, 2.24) is 0 Å². The van der Waals surface area contributed by atoms with Crippen molar-refractivity contribution in [2.45, 2.75) is 102 Å². The molecule has 2 heterocycles. The van der Waals surface area contributed by atoms with Crippen LogP contribution in [0.15, 0.2) is 158 Å². The molecule has 0 saturated carbocycles. The van der Waals surface area contributed by atoms with Crippen LogP contribution in [0.3, 0.4) is 0 Å². The molecule has 0 bridgehead atoms. The van der Waals surface area contributed by atoms with E-state index in [-0.39, 0.29) is 26.4 Å². The Hall–Kier alpha value is -5.21.